The summed E-state index contributed by atoms with van der Waals surface area (Å²) in [7, 11) is 2.77. The zero-order valence-corrected chi connectivity index (χ0v) is 9.49. The van der Waals surface area contributed by atoms with Crippen molar-refractivity contribution in [2.45, 2.75) is 0 Å². The van der Waals surface area contributed by atoms with Crippen molar-refractivity contribution in [1.82, 2.24) is 0 Å². The number of carbonyl (C=O) groups is 1. The fourth-order valence-electron chi connectivity index (χ4n) is 1.76. The maximum atomic E-state index is 13.1. The molecule has 0 bridgehead atoms. The molecule has 0 saturated carbocycles. The van der Waals surface area contributed by atoms with Gasteiger partial charge in [0.25, 0.3) is 0 Å². The van der Waals surface area contributed by atoms with E-state index in [1.165, 1.54) is 26.4 Å². The molecule has 17 heavy (non-hydrogen) atoms. The van der Waals surface area contributed by atoms with Crippen LogP contribution in [0.4, 0.5) is 4.39 Å². The van der Waals surface area contributed by atoms with Gasteiger partial charge in [-0.2, -0.15) is 0 Å². The number of fused-ring (bicyclic) bond motifs is 1. The standard InChI is InChI=1S/C13H11FO3/c1-16-12-10-6-4-9(14)7-8(10)3-5-11(12)13(15)17-2/h3-7H,1-2H3. The highest BCUT2D eigenvalue weighted by Crippen LogP contribution is 2.30. The van der Waals surface area contributed by atoms with Gasteiger partial charge in [0.2, 0.25) is 0 Å². The number of carbonyl (C=O) groups excluding carboxylic acids is 1. The summed E-state index contributed by atoms with van der Waals surface area (Å²) in [4.78, 5) is 11.5. The van der Waals surface area contributed by atoms with Gasteiger partial charge in [0.1, 0.15) is 17.1 Å². The second-order valence-corrected chi connectivity index (χ2v) is 3.50. The van der Waals surface area contributed by atoms with E-state index in [1.807, 2.05) is 0 Å². The van der Waals surface area contributed by atoms with Crippen molar-refractivity contribution in [2.24, 2.45) is 0 Å². The van der Waals surface area contributed by atoms with Gasteiger partial charge in [-0.3, -0.25) is 0 Å². The normalized spacial score (nSPS) is 10.3. The van der Waals surface area contributed by atoms with Crippen LogP contribution in [0.1, 0.15) is 10.4 Å². The summed E-state index contributed by atoms with van der Waals surface area (Å²) < 4.78 is 22.9. The molecule has 0 atom stereocenters. The lowest BCUT2D eigenvalue weighted by Crippen LogP contribution is -2.04. The molecular formula is C13H11FO3. The third-order valence-corrected chi connectivity index (χ3v) is 2.54. The molecule has 0 aliphatic heterocycles. The van der Waals surface area contributed by atoms with E-state index < -0.39 is 5.97 Å². The molecule has 88 valence electrons. The van der Waals surface area contributed by atoms with Gasteiger partial charge in [0, 0.05) is 5.39 Å². The molecule has 0 saturated heterocycles. The van der Waals surface area contributed by atoms with Gasteiger partial charge in [-0.1, -0.05) is 6.07 Å². The number of rotatable bonds is 2. The summed E-state index contributed by atoms with van der Waals surface area (Å²) in [5.41, 5.74) is 0.328. The van der Waals surface area contributed by atoms with Gasteiger partial charge in [-0.25, -0.2) is 9.18 Å². The van der Waals surface area contributed by atoms with Crippen LogP contribution in [0.3, 0.4) is 0 Å². The Labute approximate surface area is 97.8 Å². The van der Waals surface area contributed by atoms with Crippen LogP contribution in [-0.2, 0) is 4.74 Å². The number of benzene rings is 2. The topological polar surface area (TPSA) is 35.5 Å². The van der Waals surface area contributed by atoms with Gasteiger partial charge in [-0.15, -0.1) is 0 Å². The van der Waals surface area contributed by atoms with Crippen LogP contribution in [0, 0.1) is 5.82 Å². The minimum Gasteiger partial charge on any atom is -0.495 e. The predicted molar refractivity (Wildman–Crippen MR) is 61.8 cm³/mol. The molecule has 0 unspecified atom stereocenters. The van der Waals surface area contributed by atoms with Crippen molar-refractivity contribution in [3.05, 3.63) is 41.7 Å². The van der Waals surface area contributed by atoms with Crippen molar-refractivity contribution < 1.29 is 18.7 Å². The zero-order chi connectivity index (χ0) is 12.4. The molecule has 3 nitrogen and oxygen atoms in total. The Kier molecular flexibility index (Phi) is 2.95. The second kappa shape index (κ2) is 4.41. The first-order valence-corrected chi connectivity index (χ1v) is 5.02. The summed E-state index contributed by atoms with van der Waals surface area (Å²) in [6.45, 7) is 0. The first-order valence-electron chi connectivity index (χ1n) is 5.02. The highest BCUT2D eigenvalue weighted by Gasteiger charge is 2.15. The fourth-order valence-corrected chi connectivity index (χ4v) is 1.76. The zero-order valence-electron chi connectivity index (χ0n) is 9.49. The summed E-state index contributed by atoms with van der Waals surface area (Å²) >= 11 is 0. The first kappa shape index (κ1) is 11.4. The van der Waals surface area contributed by atoms with Crippen LogP contribution in [0.15, 0.2) is 30.3 Å². The van der Waals surface area contributed by atoms with Crippen LogP contribution < -0.4 is 4.74 Å². The van der Waals surface area contributed by atoms with Crippen LogP contribution in [0.5, 0.6) is 5.75 Å². The second-order valence-electron chi connectivity index (χ2n) is 3.50. The Morgan fingerprint density at radius 1 is 1.18 bits per heavy atom. The van der Waals surface area contributed by atoms with Crippen molar-refractivity contribution in [2.75, 3.05) is 14.2 Å². The molecular weight excluding hydrogens is 223 g/mol. The number of esters is 1. The molecule has 0 N–H and O–H groups in total. The van der Waals surface area contributed by atoms with E-state index in [-0.39, 0.29) is 5.82 Å². The number of halogens is 1. The summed E-state index contributed by atoms with van der Waals surface area (Å²) in [5, 5.41) is 1.35. The minimum atomic E-state index is -0.479. The smallest absolute Gasteiger partial charge is 0.341 e. The average Bonchev–Trinajstić information content (AvgIpc) is 2.36. The molecule has 0 amide bonds. The number of ether oxygens (including phenoxy) is 2. The molecule has 4 heteroatoms. The Morgan fingerprint density at radius 3 is 2.59 bits per heavy atom. The summed E-state index contributed by atoms with van der Waals surface area (Å²) in [5.74, 6) is -0.409. The van der Waals surface area contributed by atoms with Crippen LogP contribution in [-0.4, -0.2) is 20.2 Å². The highest BCUT2D eigenvalue weighted by atomic mass is 19.1. The number of methoxy groups -OCH3 is 2. The monoisotopic (exact) mass is 234 g/mol. The maximum absolute atomic E-state index is 13.1. The lowest BCUT2D eigenvalue weighted by molar-refractivity contribution is 0.0597. The molecule has 0 spiro atoms. The van der Waals surface area contributed by atoms with E-state index in [1.54, 1.807) is 18.2 Å². The molecule has 0 heterocycles. The highest BCUT2D eigenvalue weighted by molar-refractivity contribution is 6.01. The Bertz CT molecular complexity index is 578. The molecule has 0 aliphatic carbocycles. The van der Waals surface area contributed by atoms with Gasteiger partial charge < -0.3 is 9.47 Å². The van der Waals surface area contributed by atoms with E-state index in [9.17, 15) is 9.18 Å². The SMILES string of the molecule is COC(=O)c1ccc2cc(F)ccc2c1OC. The largest absolute Gasteiger partial charge is 0.495 e. The van der Waals surface area contributed by atoms with Crippen molar-refractivity contribution >= 4 is 16.7 Å². The Balaban J connectivity index is 2.73. The lowest BCUT2D eigenvalue weighted by atomic mass is 10.1. The Hall–Kier alpha value is -2.10. The minimum absolute atomic E-state index is 0.328. The van der Waals surface area contributed by atoms with E-state index >= 15 is 0 Å². The van der Waals surface area contributed by atoms with E-state index in [0.717, 1.165) is 0 Å². The molecule has 2 aromatic rings. The van der Waals surface area contributed by atoms with Crippen molar-refractivity contribution in [3.63, 3.8) is 0 Å². The van der Waals surface area contributed by atoms with Crippen molar-refractivity contribution in [1.29, 1.82) is 0 Å². The van der Waals surface area contributed by atoms with Crippen molar-refractivity contribution in [3.8, 4) is 5.75 Å². The average molecular weight is 234 g/mol. The van der Waals surface area contributed by atoms with Crippen LogP contribution >= 0.6 is 0 Å². The quantitative estimate of drug-likeness (QED) is 0.749. The number of hydrogen-bond acceptors (Lipinski definition) is 3. The third-order valence-electron chi connectivity index (χ3n) is 2.54. The third kappa shape index (κ3) is 1.93. The van der Waals surface area contributed by atoms with Gasteiger partial charge in [-0.05, 0) is 29.7 Å². The Morgan fingerprint density at radius 2 is 1.94 bits per heavy atom. The summed E-state index contributed by atoms with van der Waals surface area (Å²) in [6, 6.07) is 7.51. The molecule has 0 aliphatic rings. The summed E-state index contributed by atoms with van der Waals surface area (Å²) in [6.07, 6.45) is 0. The molecule has 0 radical (unpaired) electrons. The predicted octanol–water partition coefficient (Wildman–Crippen LogP) is 2.77. The number of hydrogen-bond donors (Lipinski definition) is 0. The molecule has 0 fully saturated rings. The van der Waals surface area contributed by atoms with Gasteiger partial charge >= 0.3 is 5.97 Å². The lowest BCUT2D eigenvalue weighted by Gasteiger charge is -2.10. The van der Waals surface area contributed by atoms with Gasteiger partial charge in [0.05, 0.1) is 14.2 Å². The maximum Gasteiger partial charge on any atom is 0.341 e. The molecule has 0 aromatic heterocycles. The first-order chi connectivity index (χ1) is 8.17. The van der Waals surface area contributed by atoms with Gasteiger partial charge in [0.15, 0.2) is 0 Å². The molecule has 2 aromatic carbocycles. The van der Waals surface area contributed by atoms with Crippen LogP contribution in [0.25, 0.3) is 10.8 Å². The van der Waals surface area contributed by atoms with E-state index in [2.05, 4.69) is 4.74 Å². The molecule has 2 rings (SSSR count). The van der Waals surface area contributed by atoms with Crippen LogP contribution in [0.2, 0.25) is 0 Å². The van der Waals surface area contributed by atoms with E-state index in [4.69, 9.17) is 4.74 Å². The van der Waals surface area contributed by atoms with E-state index in [0.29, 0.717) is 22.1 Å². The fraction of sp³-hybridized carbons (Fsp3) is 0.154.